The molecule has 2 heterocycles. The number of ether oxygens (including phenoxy) is 1. The molecule has 236 valence electrons. The number of phosphoric acid groups is 2. The summed E-state index contributed by atoms with van der Waals surface area (Å²) >= 11 is 0. The maximum atomic E-state index is 12.6. The van der Waals surface area contributed by atoms with Gasteiger partial charge in [-0.1, -0.05) is 24.3 Å². The third kappa shape index (κ3) is 7.93. The van der Waals surface area contributed by atoms with Crippen molar-refractivity contribution in [2.24, 2.45) is 0 Å². The molecule has 4 rings (SSSR count). The number of hydrogen-bond acceptors (Lipinski definition) is 13. The molecule has 3 aromatic rings. The van der Waals surface area contributed by atoms with Crippen molar-refractivity contribution < 1.29 is 69.4 Å². The van der Waals surface area contributed by atoms with Crippen LogP contribution in [0.4, 0.5) is 5.69 Å². The van der Waals surface area contributed by atoms with Gasteiger partial charge in [-0.2, -0.15) is 17.0 Å². The van der Waals surface area contributed by atoms with E-state index in [0.29, 0.717) is 4.57 Å². The van der Waals surface area contributed by atoms with E-state index in [4.69, 9.17) is 4.74 Å². The Bertz CT molecular complexity index is 1910. The summed E-state index contributed by atoms with van der Waals surface area (Å²) in [6, 6.07) is 8.01. The van der Waals surface area contributed by atoms with Gasteiger partial charge in [-0.15, -0.1) is 0 Å². The summed E-state index contributed by atoms with van der Waals surface area (Å²) in [5, 5.41) is 22.1. The minimum atomic E-state index is -5.91. The molecule has 0 saturated carbocycles. The SMILES string of the molecule is O=c1ccn(C2OC(COP(=O)(O)OP(=O)(O)OP(=O)(O)Nc3cccc4c(S(=O)(=O)O)cccc34)C(O)C2O)c(=O)[nH]1. The van der Waals surface area contributed by atoms with Gasteiger partial charge in [0.15, 0.2) is 6.23 Å². The lowest BCUT2D eigenvalue weighted by atomic mass is 10.1. The van der Waals surface area contributed by atoms with Crippen molar-refractivity contribution in [3.8, 4) is 0 Å². The minimum absolute atomic E-state index is 0.0555. The normalized spacial score (nSPS) is 25.1. The number of aliphatic hydroxyl groups is 2. The predicted octanol–water partition coefficient (Wildman–Crippen LogP) is 0.0188. The maximum Gasteiger partial charge on any atom is 0.489 e. The van der Waals surface area contributed by atoms with Gasteiger partial charge in [0.1, 0.15) is 23.2 Å². The monoisotopic (exact) mass is 689 g/mol. The first-order valence-corrected chi connectivity index (χ1v) is 17.5. The highest BCUT2D eigenvalue weighted by molar-refractivity contribution is 7.86. The first-order valence-electron chi connectivity index (χ1n) is 11.4. The molecule has 1 fully saturated rings. The number of benzene rings is 2. The van der Waals surface area contributed by atoms with Gasteiger partial charge in [0.25, 0.3) is 15.7 Å². The number of H-pyrrole nitrogens is 1. The number of aromatic amines is 1. The van der Waals surface area contributed by atoms with E-state index in [9.17, 15) is 61.1 Å². The number of fused-ring (bicyclic) bond motifs is 1. The number of nitrogens with one attached hydrogen (secondary N) is 2. The second-order valence-electron chi connectivity index (χ2n) is 8.72. The molecule has 20 nitrogen and oxygen atoms in total. The van der Waals surface area contributed by atoms with Crippen molar-refractivity contribution in [2.45, 2.75) is 29.4 Å². The van der Waals surface area contributed by atoms with Gasteiger partial charge in [0.2, 0.25) is 0 Å². The van der Waals surface area contributed by atoms with E-state index in [1.807, 2.05) is 10.1 Å². The average Bonchev–Trinajstić information content (AvgIpc) is 3.14. The third-order valence-electron chi connectivity index (χ3n) is 5.71. The summed E-state index contributed by atoms with van der Waals surface area (Å²) in [6.07, 6.45) is -5.93. The number of phosphoric ester groups is 1. The molecule has 1 aliphatic rings. The number of hydrogen-bond donors (Lipinski definition) is 8. The lowest BCUT2D eigenvalue weighted by molar-refractivity contribution is -0.0542. The van der Waals surface area contributed by atoms with Gasteiger partial charge in [0.05, 0.1) is 12.3 Å². The molecule has 0 radical (unpaired) electrons. The number of rotatable bonds is 11. The highest BCUT2D eigenvalue weighted by Gasteiger charge is 2.47. The van der Waals surface area contributed by atoms with Crippen LogP contribution in [0.25, 0.3) is 10.8 Å². The zero-order valence-electron chi connectivity index (χ0n) is 21.0. The summed E-state index contributed by atoms with van der Waals surface area (Å²) in [5.41, 5.74) is -2.11. The fourth-order valence-corrected chi connectivity index (χ4v) is 8.42. The zero-order chi connectivity index (χ0) is 32.0. The second-order valence-corrected chi connectivity index (χ2v) is 14.8. The Morgan fingerprint density at radius 1 is 0.930 bits per heavy atom. The Kier molecular flexibility index (Phi) is 9.35. The van der Waals surface area contributed by atoms with Crippen molar-refractivity contribution in [2.75, 3.05) is 11.7 Å². The molecule has 7 atom stereocenters. The van der Waals surface area contributed by atoms with E-state index >= 15 is 0 Å². The van der Waals surface area contributed by atoms with Crippen LogP contribution in [-0.4, -0.2) is 72.3 Å². The van der Waals surface area contributed by atoms with Crippen LogP contribution in [0.2, 0.25) is 0 Å². The lowest BCUT2D eigenvalue weighted by Crippen LogP contribution is -2.37. The fourth-order valence-electron chi connectivity index (χ4n) is 3.98. The van der Waals surface area contributed by atoms with E-state index in [-0.39, 0.29) is 16.5 Å². The molecule has 0 amide bonds. The fraction of sp³-hybridized carbons (Fsp3) is 0.263. The molecule has 7 unspecified atom stereocenters. The lowest BCUT2D eigenvalue weighted by Gasteiger charge is -2.21. The van der Waals surface area contributed by atoms with E-state index in [1.54, 1.807) is 0 Å². The Balaban J connectivity index is 1.42. The topological polar surface area (TPSA) is 311 Å². The van der Waals surface area contributed by atoms with Crippen LogP contribution in [0, 0.1) is 0 Å². The van der Waals surface area contributed by atoms with Crippen LogP contribution >= 0.6 is 23.4 Å². The van der Waals surface area contributed by atoms with Crippen LogP contribution in [0.15, 0.2) is 63.1 Å². The van der Waals surface area contributed by atoms with Crippen molar-refractivity contribution >= 4 is 50.0 Å². The molecule has 0 bridgehead atoms. The van der Waals surface area contributed by atoms with Crippen LogP contribution in [0.3, 0.4) is 0 Å². The van der Waals surface area contributed by atoms with Gasteiger partial charge in [-0.25, -0.2) is 18.5 Å². The van der Waals surface area contributed by atoms with Gasteiger partial charge in [-0.05, 0) is 12.1 Å². The molecule has 1 aromatic heterocycles. The Morgan fingerprint density at radius 2 is 1.58 bits per heavy atom. The Morgan fingerprint density at radius 3 is 2.23 bits per heavy atom. The van der Waals surface area contributed by atoms with Crippen LogP contribution < -0.4 is 16.3 Å². The van der Waals surface area contributed by atoms with Crippen molar-refractivity contribution in [1.29, 1.82) is 0 Å². The number of aromatic nitrogens is 2. The summed E-state index contributed by atoms with van der Waals surface area (Å²) in [5.74, 6) is 0. The van der Waals surface area contributed by atoms with Gasteiger partial charge in [-0.3, -0.25) is 28.5 Å². The molecule has 1 saturated heterocycles. The number of anilines is 1. The zero-order valence-corrected chi connectivity index (χ0v) is 24.5. The molecule has 0 spiro atoms. The minimum Gasteiger partial charge on any atom is -0.387 e. The molecular formula is C19H22N3O17P3S. The molecule has 43 heavy (non-hydrogen) atoms. The molecule has 24 heteroatoms. The Labute approximate surface area is 239 Å². The van der Waals surface area contributed by atoms with E-state index in [0.717, 1.165) is 24.4 Å². The van der Waals surface area contributed by atoms with Crippen LogP contribution in [0.5, 0.6) is 0 Å². The van der Waals surface area contributed by atoms with Gasteiger partial charge < -0.3 is 29.6 Å². The van der Waals surface area contributed by atoms with Crippen LogP contribution in [-0.2, 0) is 41.7 Å². The first kappa shape index (κ1) is 33.3. The van der Waals surface area contributed by atoms with E-state index in [2.05, 4.69) is 13.1 Å². The molecule has 1 aliphatic heterocycles. The Hall–Kier alpha value is -2.58. The highest BCUT2D eigenvalue weighted by Crippen LogP contribution is 2.67. The average molecular weight is 689 g/mol. The van der Waals surface area contributed by atoms with Crippen molar-refractivity contribution in [3.63, 3.8) is 0 Å². The van der Waals surface area contributed by atoms with Crippen molar-refractivity contribution in [1.82, 2.24) is 9.55 Å². The molecule has 8 N–H and O–H groups in total. The first-order chi connectivity index (χ1) is 19.8. The van der Waals surface area contributed by atoms with E-state index in [1.165, 1.54) is 24.3 Å². The number of aliphatic hydroxyl groups excluding tert-OH is 2. The van der Waals surface area contributed by atoms with E-state index < -0.39 is 80.8 Å². The summed E-state index contributed by atoms with van der Waals surface area (Å²) in [7, 11) is -21.7. The second kappa shape index (κ2) is 12.1. The van der Waals surface area contributed by atoms with Crippen molar-refractivity contribution in [3.05, 3.63) is 69.5 Å². The number of nitrogens with zero attached hydrogens (tertiary/aromatic N) is 1. The standard InChI is InChI=1S/C19H22N3O17P3S/c23-15-7-8-22(19(26)20-15)18-17(25)16(24)13(37-18)9-36-41(29,30)39-42(31,32)38-40(27,28)21-12-5-1-4-11-10(12)3-2-6-14(11)43(33,34)35/h1-8,13,16-18,24-25H,9H2,(H,29,30)(H,31,32)(H,20,23,26)(H2,21,27,28)(H,33,34,35). The summed E-state index contributed by atoms with van der Waals surface area (Å²) in [6.45, 7) is -1.10. The summed E-state index contributed by atoms with van der Waals surface area (Å²) in [4.78, 5) is 54.4. The highest BCUT2D eigenvalue weighted by atomic mass is 32.2. The predicted molar refractivity (Wildman–Crippen MR) is 142 cm³/mol. The summed E-state index contributed by atoms with van der Waals surface area (Å²) < 4.78 is 88.5. The quantitative estimate of drug-likeness (QED) is 0.0971. The largest absolute Gasteiger partial charge is 0.489 e. The maximum absolute atomic E-state index is 12.6. The van der Waals surface area contributed by atoms with Gasteiger partial charge >= 0.3 is 29.1 Å². The smallest absolute Gasteiger partial charge is 0.387 e. The molecular weight excluding hydrogens is 667 g/mol. The van der Waals surface area contributed by atoms with Gasteiger partial charge in [0, 0.05) is 23.0 Å². The third-order valence-corrected chi connectivity index (χ3v) is 11.0. The molecule has 0 aliphatic carbocycles. The van der Waals surface area contributed by atoms with Crippen LogP contribution in [0.1, 0.15) is 6.23 Å². The molecule has 2 aromatic carbocycles.